The molecule has 0 atom stereocenters. The first-order valence-corrected chi connectivity index (χ1v) is 5.51. The molecule has 0 N–H and O–H groups in total. The quantitative estimate of drug-likeness (QED) is 0.592. The molecule has 0 saturated heterocycles. The number of esters is 1. The minimum atomic E-state index is -0.353. The smallest absolute Gasteiger partial charge is 0.340 e. The van der Waals surface area contributed by atoms with E-state index < -0.39 is 0 Å². The molecule has 2 heterocycles. The molecular formula is C9H6BrNO2S. The summed E-state index contributed by atoms with van der Waals surface area (Å²) in [6.07, 6.45) is 1.52. The first kappa shape index (κ1) is 9.61. The van der Waals surface area contributed by atoms with E-state index in [0.717, 1.165) is 14.7 Å². The first-order valence-electron chi connectivity index (χ1n) is 3.84. The average molecular weight is 272 g/mol. The standard InChI is InChI=1S/C9H6BrNO2S/c1-13-9(12)6-4-11-8(10)7-5(6)2-3-14-7/h2-4H,1H3. The average Bonchev–Trinajstić information content (AvgIpc) is 2.67. The molecule has 2 aromatic heterocycles. The number of fused-ring (bicyclic) bond motifs is 1. The summed E-state index contributed by atoms with van der Waals surface area (Å²) >= 11 is 4.87. The zero-order valence-electron chi connectivity index (χ0n) is 7.28. The number of pyridine rings is 1. The number of hydrogen-bond donors (Lipinski definition) is 0. The second-order valence-corrected chi connectivity index (χ2v) is 4.28. The minimum Gasteiger partial charge on any atom is -0.465 e. The number of carbonyl (C=O) groups is 1. The van der Waals surface area contributed by atoms with Crippen molar-refractivity contribution in [3.05, 3.63) is 27.8 Å². The van der Waals surface area contributed by atoms with Crippen LogP contribution in [0.25, 0.3) is 10.1 Å². The van der Waals surface area contributed by atoms with E-state index in [-0.39, 0.29) is 5.97 Å². The Labute approximate surface area is 92.8 Å². The van der Waals surface area contributed by atoms with Gasteiger partial charge in [-0.2, -0.15) is 0 Å². The van der Waals surface area contributed by atoms with Crippen LogP contribution in [0.5, 0.6) is 0 Å². The molecule has 0 bridgehead atoms. The first-order chi connectivity index (χ1) is 6.74. The summed E-state index contributed by atoms with van der Waals surface area (Å²) in [6.45, 7) is 0. The summed E-state index contributed by atoms with van der Waals surface area (Å²) in [6, 6.07) is 1.89. The Hall–Kier alpha value is -0.940. The Morgan fingerprint density at radius 3 is 3.14 bits per heavy atom. The minimum absolute atomic E-state index is 0.353. The van der Waals surface area contributed by atoms with Crippen LogP contribution in [0, 0.1) is 0 Å². The molecule has 0 spiro atoms. The van der Waals surface area contributed by atoms with Gasteiger partial charge in [0.2, 0.25) is 0 Å². The van der Waals surface area contributed by atoms with Crippen LogP contribution in [0.15, 0.2) is 22.2 Å². The predicted octanol–water partition coefficient (Wildman–Crippen LogP) is 2.85. The Balaban J connectivity index is 2.72. The lowest BCUT2D eigenvalue weighted by Crippen LogP contribution is -2.02. The molecular weight excluding hydrogens is 266 g/mol. The molecule has 0 radical (unpaired) electrons. The van der Waals surface area contributed by atoms with Gasteiger partial charge in [-0.1, -0.05) is 0 Å². The number of thiophene rings is 1. The summed E-state index contributed by atoms with van der Waals surface area (Å²) in [5.74, 6) is -0.353. The second kappa shape index (κ2) is 3.67. The maximum atomic E-state index is 11.4. The number of rotatable bonds is 1. The largest absolute Gasteiger partial charge is 0.465 e. The lowest BCUT2D eigenvalue weighted by molar-refractivity contribution is 0.0602. The molecule has 72 valence electrons. The van der Waals surface area contributed by atoms with Gasteiger partial charge in [-0.3, -0.25) is 0 Å². The van der Waals surface area contributed by atoms with Crippen LogP contribution in [0.3, 0.4) is 0 Å². The fraction of sp³-hybridized carbons (Fsp3) is 0.111. The summed E-state index contributed by atoms with van der Waals surface area (Å²) in [5, 5.41) is 2.80. The van der Waals surface area contributed by atoms with Gasteiger partial charge in [0.05, 0.1) is 17.4 Å². The maximum absolute atomic E-state index is 11.4. The van der Waals surface area contributed by atoms with E-state index in [2.05, 4.69) is 25.7 Å². The predicted molar refractivity (Wildman–Crippen MR) is 58.7 cm³/mol. The topological polar surface area (TPSA) is 39.2 Å². The molecule has 5 heteroatoms. The van der Waals surface area contributed by atoms with Crippen LogP contribution in [0.4, 0.5) is 0 Å². The third kappa shape index (κ3) is 1.42. The van der Waals surface area contributed by atoms with Gasteiger partial charge in [-0.15, -0.1) is 11.3 Å². The molecule has 0 aliphatic rings. The lowest BCUT2D eigenvalue weighted by atomic mass is 10.2. The van der Waals surface area contributed by atoms with Crippen molar-refractivity contribution in [1.29, 1.82) is 0 Å². The monoisotopic (exact) mass is 271 g/mol. The van der Waals surface area contributed by atoms with E-state index in [1.54, 1.807) is 0 Å². The summed E-state index contributed by atoms with van der Waals surface area (Å²) < 4.78 is 6.39. The van der Waals surface area contributed by atoms with E-state index in [9.17, 15) is 4.79 Å². The Kier molecular flexibility index (Phi) is 2.52. The van der Waals surface area contributed by atoms with Crippen molar-refractivity contribution in [3.8, 4) is 0 Å². The molecule has 0 aliphatic carbocycles. The zero-order valence-corrected chi connectivity index (χ0v) is 9.68. The van der Waals surface area contributed by atoms with Crippen LogP contribution < -0.4 is 0 Å². The van der Waals surface area contributed by atoms with Crippen LogP contribution >= 0.6 is 27.3 Å². The number of carbonyl (C=O) groups excluding carboxylic acids is 1. The number of ether oxygens (including phenoxy) is 1. The molecule has 0 aromatic carbocycles. The van der Waals surface area contributed by atoms with Crippen molar-refractivity contribution < 1.29 is 9.53 Å². The number of nitrogens with zero attached hydrogens (tertiary/aromatic N) is 1. The van der Waals surface area contributed by atoms with Crippen molar-refractivity contribution in [1.82, 2.24) is 4.98 Å². The number of methoxy groups -OCH3 is 1. The molecule has 2 aromatic rings. The van der Waals surface area contributed by atoms with Crippen LogP contribution in [-0.2, 0) is 4.74 Å². The van der Waals surface area contributed by atoms with Gasteiger partial charge in [-0.05, 0) is 27.4 Å². The fourth-order valence-electron chi connectivity index (χ4n) is 1.20. The molecule has 0 amide bonds. The Bertz CT molecular complexity index is 495. The van der Waals surface area contributed by atoms with Gasteiger partial charge in [0.1, 0.15) is 4.60 Å². The van der Waals surface area contributed by atoms with Gasteiger partial charge >= 0.3 is 5.97 Å². The van der Waals surface area contributed by atoms with Gasteiger partial charge < -0.3 is 4.74 Å². The molecule has 0 fully saturated rings. The molecule has 3 nitrogen and oxygen atoms in total. The van der Waals surface area contributed by atoms with Crippen molar-refractivity contribution in [2.24, 2.45) is 0 Å². The highest BCUT2D eigenvalue weighted by Gasteiger charge is 2.13. The van der Waals surface area contributed by atoms with Crippen molar-refractivity contribution in [3.63, 3.8) is 0 Å². The van der Waals surface area contributed by atoms with Crippen LogP contribution in [-0.4, -0.2) is 18.1 Å². The number of hydrogen-bond acceptors (Lipinski definition) is 4. The van der Waals surface area contributed by atoms with E-state index in [0.29, 0.717) is 5.56 Å². The molecule has 2 rings (SSSR count). The van der Waals surface area contributed by atoms with E-state index in [1.165, 1.54) is 24.6 Å². The van der Waals surface area contributed by atoms with Gasteiger partial charge in [0.25, 0.3) is 0 Å². The normalized spacial score (nSPS) is 10.4. The second-order valence-electron chi connectivity index (χ2n) is 2.62. The molecule has 0 saturated carbocycles. The fourth-order valence-corrected chi connectivity index (χ4v) is 2.59. The van der Waals surface area contributed by atoms with E-state index >= 15 is 0 Å². The highest BCUT2D eigenvalue weighted by atomic mass is 79.9. The van der Waals surface area contributed by atoms with Gasteiger partial charge in [0.15, 0.2) is 0 Å². The Morgan fingerprint density at radius 2 is 2.43 bits per heavy atom. The summed E-state index contributed by atoms with van der Waals surface area (Å²) in [5.41, 5.74) is 0.506. The van der Waals surface area contributed by atoms with E-state index in [4.69, 9.17) is 0 Å². The maximum Gasteiger partial charge on any atom is 0.340 e. The Morgan fingerprint density at radius 1 is 1.64 bits per heavy atom. The molecule has 0 unspecified atom stereocenters. The third-order valence-electron chi connectivity index (χ3n) is 1.86. The molecule has 14 heavy (non-hydrogen) atoms. The number of halogens is 1. The van der Waals surface area contributed by atoms with Gasteiger partial charge in [0, 0.05) is 11.6 Å². The third-order valence-corrected chi connectivity index (χ3v) is 3.64. The van der Waals surface area contributed by atoms with Crippen LogP contribution in [0.1, 0.15) is 10.4 Å². The summed E-state index contributed by atoms with van der Waals surface area (Å²) in [4.78, 5) is 15.4. The van der Waals surface area contributed by atoms with Gasteiger partial charge in [-0.25, -0.2) is 9.78 Å². The van der Waals surface area contributed by atoms with Crippen molar-refractivity contribution in [2.75, 3.05) is 7.11 Å². The zero-order chi connectivity index (χ0) is 10.1. The van der Waals surface area contributed by atoms with Crippen molar-refractivity contribution in [2.45, 2.75) is 0 Å². The molecule has 0 aliphatic heterocycles. The van der Waals surface area contributed by atoms with Crippen molar-refractivity contribution >= 4 is 43.3 Å². The highest BCUT2D eigenvalue weighted by Crippen LogP contribution is 2.29. The SMILES string of the molecule is COC(=O)c1cnc(Br)c2sccc12. The highest BCUT2D eigenvalue weighted by molar-refractivity contribution is 9.10. The van der Waals surface area contributed by atoms with E-state index in [1.807, 2.05) is 11.4 Å². The van der Waals surface area contributed by atoms with Crippen LogP contribution in [0.2, 0.25) is 0 Å². The summed E-state index contributed by atoms with van der Waals surface area (Å²) in [7, 11) is 1.36. The number of aromatic nitrogens is 1. The lowest BCUT2D eigenvalue weighted by Gasteiger charge is -2.01.